The first-order valence-electron chi connectivity index (χ1n) is 16.2. The number of hydrogen-bond donors (Lipinski definition) is 0. The Morgan fingerprint density at radius 2 is 1.74 bits per heavy atom. The maximum Gasteiger partial charge on any atom is 0.411 e. The van der Waals surface area contributed by atoms with Gasteiger partial charge in [-0.05, 0) is 60.2 Å². The molecular formula is C37H44N4O4S. The van der Waals surface area contributed by atoms with Gasteiger partial charge in [0.15, 0.2) is 6.73 Å². The van der Waals surface area contributed by atoms with Gasteiger partial charge in [-0.1, -0.05) is 56.3 Å². The molecule has 0 aliphatic carbocycles. The van der Waals surface area contributed by atoms with E-state index in [-0.39, 0.29) is 18.1 Å². The first kappa shape index (κ1) is 31.9. The van der Waals surface area contributed by atoms with Gasteiger partial charge in [0.25, 0.3) is 0 Å². The molecule has 0 saturated carbocycles. The molecule has 0 atom stereocenters. The van der Waals surface area contributed by atoms with Gasteiger partial charge in [-0.15, -0.1) is 11.3 Å². The van der Waals surface area contributed by atoms with Crippen LogP contribution in [0.15, 0.2) is 78.2 Å². The molecule has 9 heteroatoms. The smallest absolute Gasteiger partial charge is 0.411 e. The number of fused-ring (bicyclic) bond motifs is 2. The Balaban J connectivity index is 0.981. The number of anilines is 2. The zero-order valence-corrected chi connectivity index (χ0v) is 27.9. The molecule has 1 saturated heterocycles. The van der Waals surface area contributed by atoms with E-state index in [1.165, 1.54) is 20.7 Å². The molecule has 242 valence electrons. The van der Waals surface area contributed by atoms with E-state index in [1.54, 1.807) is 23.3 Å². The predicted octanol–water partition coefficient (Wildman–Crippen LogP) is 7.12. The van der Waals surface area contributed by atoms with E-state index in [1.807, 2.05) is 48.5 Å². The van der Waals surface area contributed by atoms with Gasteiger partial charge in [-0.2, -0.15) is 0 Å². The minimum absolute atomic E-state index is 0.0692. The highest BCUT2D eigenvalue weighted by Gasteiger charge is 2.37. The summed E-state index contributed by atoms with van der Waals surface area (Å²) in [5, 5.41) is 3.54. The van der Waals surface area contributed by atoms with Crippen molar-refractivity contribution in [1.82, 2.24) is 9.80 Å². The molecule has 2 aliphatic rings. The Kier molecular flexibility index (Phi) is 9.80. The minimum atomic E-state index is -0.475. The number of piperazine rings is 1. The van der Waals surface area contributed by atoms with E-state index < -0.39 is 6.09 Å². The second-order valence-corrected chi connectivity index (χ2v) is 13.9. The summed E-state index contributed by atoms with van der Waals surface area (Å²) in [6, 6.07) is 24.6. The highest BCUT2D eigenvalue weighted by molar-refractivity contribution is 7.17. The number of hydrogen-bond acceptors (Lipinski definition) is 7. The van der Waals surface area contributed by atoms with E-state index in [0.717, 1.165) is 68.1 Å². The Bertz CT molecular complexity index is 1650. The molecule has 2 aliphatic heterocycles. The fourth-order valence-corrected chi connectivity index (χ4v) is 7.29. The third-order valence-electron chi connectivity index (χ3n) is 9.10. The summed E-state index contributed by atoms with van der Waals surface area (Å²) in [7, 11) is 1.70. The van der Waals surface area contributed by atoms with Crippen molar-refractivity contribution in [3.8, 4) is 5.75 Å². The van der Waals surface area contributed by atoms with Crippen LogP contribution in [0.3, 0.4) is 0 Å². The number of rotatable bonds is 11. The fraction of sp³-hybridized carbons (Fsp3) is 0.405. The molecule has 2 amide bonds. The van der Waals surface area contributed by atoms with Crippen LogP contribution in [-0.2, 0) is 21.5 Å². The second kappa shape index (κ2) is 14.1. The minimum Gasteiger partial charge on any atom is -0.494 e. The number of unbranched alkanes of at least 4 members (excludes halogenated alkanes) is 1. The number of benzene rings is 3. The Hall–Kier alpha value is -4.08. The van der Waals surface area contributed by atoms with Crippen LogP contribution < -0.4 is 14.5 Å². The van der Waals surface area contributed by atoms with E-state index in [0.29, 0.717) is 19.6 Å². The van der Waals surface area contributed by atoms with Gasteiger partial charge in [-0.3, -0.25) is 14.6 Å². The van der Waals surface area contributed by atoms with Crippen LogP contribution in [0.2, 0.25) is 0 Å². The number of thiophene rings is 1. The lowest BCUT2D eigenvalue weighted by molar-refractivity contribution is -0.121. The molecule has 0 radical (unpaired) electrons. The van der Waals surface area contributed by atoms with Crippen molar-refractivity contribution in [3.63, 3.8) is 0 Å². The molecule has 1 fully saturated rings. The molecule has 0 unspecified atom stereocenters. The largest absolute Gasteiger partial charge is 0.494 e. The molecule has 8 nitrogen and oxygen atoms in total. The van der Waals surface area contributed by atoms with Gasteiger partial charge in [-0.25, -0.2) is 4.79 Å². The van der Waals surface area contributed by atoms with Crippen LogP contribution >= 0.6 is 11.3 Å². The lowest BCUT2D eigenvalue weighted by Gasteiger charge is -2.38. The number of nitrogens with zero attached hydrogens (tertiary/aromatic N) is 4. The molecule has 0 spiro atoms. The van der Waals surface area contributed by atoms with Crippen molar-refractivity contribution >= 4 is 44.8 Å². The fourth-order valence-electron chi connectivity index (χ4n) is 6.49. The predicted molar refractivity (Wildman–Crippen MR) is 186 cm³/mol. The third-order valence-corrected chi connectivity index (χ3v) is 9.98. The third kappa shape index (κ3) is 7.32. The molecule has 0 N–H and O–H groups in total. The zero-order chi connectivity index (χ0) is 32.1. The van der Waals surface area contributed by atoms with Crippen LogP contribution in [0, 0.1) is 0 Å². The molecule has 4 aromatic rings. The average Bonchev–Trinajstić information content (AvgIpc) is 3.54. The van der Waals surface area contributed by atoms with E-state index >= 15 is 0 Å². The van der Waals surface area contributed by atoms with Gasteiger partial charge in [0.05, 0.1) is 12.3 Å². The second-order valence-electron chi connectivity index (χ2n) is 12.9. The summed E-state index contributed by atoms with van der Waals surface area (Å²) in [4.78, 5) is 34.1. The summed E-state index contributed by atoms with van der Waals surface area (Å²) in [6.45, 7) is 10.3. The van der Waals surface area contributed by atoms with Gasteiger partial charge >= 0.3 is 6.09 Å². The van der Waals surface area contributed by atoms with Gasteiger partial charge in [0.1, 0.15) is 5.75 Å². The van der Waals surface area contributed by atoms with Gasteiger partial charge in [0, 0.05) is 73.4 Å². The number of carbonyl (C=O) groups is 2. The first-order valence-corrected chi connectivity index (χ1v) is 17.1. The highest BCUT2D eigenvalue weighted by atomic mass is 32.1. The monoisotopic (exact) mass is 640 g/mol. The summed E-state index contributed by atoms with van der Waals surface area (Å²) >= 11 is 1.81. The molecule has 46 heavy (non-hydrogen) atoms. The number of ether oxygens (including phenoxy) is 2. The van der Waals surface area contributed by atoms with Crippen molar-refractivity contribution < 1.29 is 19.1 Å². The lowest BCUT2D eigenvalue weighted by Crippen LogP contribution is -2.46. The topological polar surface area (TPSA) is 65.6 Å². The van der Waals surface area contributed by atoms with Crippen LogP contribution in [0.25, 0.3) is 10.1 Å². The maximum absolute atomic E-state index is 13.2. The molecule has 3 heterocycles. The first-order chi connectivity index (χ1) is 22.3. The Labute approximate surface area is 276 Å². The summed E-state index contributed by atoms with van der Waals surface area (Å²) in [6.07, 6.45) is 1.88. The van der Waals surface area contributed by atoms with Crippen LogP contribution in [0.1, 0.15) is 44.2 Å². The van der Waals surface area contributed by atoms with Crippen molar-refractivity contribution in [2.75, 3.05) is 62.9 Å². The maximum atomic E-state index is 13.2. The highest BCUT2D eigenvalue weighted by Crippen LogP contribution is 2.42. The molecule has 3 aromatic carbocycles. The summed E-state index contributed by atoms with van der Waals surface area (Å²) in [5.41, 5.74) is 3.83. The van der Waals surface area contributed by atoms with Crippen molar-refractivity contribution in [1.29, 1.82) is 0 Å². The van der Waals surface area contributed by atoms with E-state index in [2.05, 4.69) is 53.3 Å². The lowest BCUT2D eigenvalue weighted by atomic mass is 9.77. The SMILES string of the molecule is CN(Cc1ccccc1)C(=O)OCN1C(=O)CC(C)(C)c2ccc(OCCCCN3CCN(c4cccc5sccc45)CC3)cc21. The number of carbonyl (C=O) groups excluding carboxylic acids is 2. The van der Waals surface area contributed by atoms with Crippen molar-refractivity contribution in [2.45, 2.75) is 45.1 Å². The Morgan fingerprint density at radius 1 is 0.935 bits per heavy atom. The van der Waals surface area contributed by atoms with E-state index in [9.17, 15) is 9.59 Å². The molecular weight excluding hydrogens is 596 g/mol. The molecule has 0 bridgehead atoms. The van der Waals surface area contributed by atoms with Crippen LogP contribution in [0.4, 0.5) is 16.2 Å². The van der Waals surface area contributed by atoms with Gasteiger partial charge in [0.2, 0.25) is 5.91 Å². The summed E-state index contributed by atoms with van der Waals surface area (Å²) in [5.74, 6) is 0.651. The quantitative estimate of drug-likeness (QED) is 0.163. The standard InChI is InChI=1S/C37H44N4O4S/c1-37(2)25-35(42)41(27-45-36(43)38(3)26-28-10-5-4-6-11-28)33-24-29(14-15-31(33)37)44-22-8-7-17-39-18-20-40(21-19-39)32-12-9-13-34-30(32)16-23-46-34/h4-6,9-16,23-24H,7-8,17-22,25-27H2,1-3H3. The zero-order valence-electron chi connectivity index (χ0n) is 27.1. The van der Waals surface area contributed by atoms with Crippen molar-refractivity contribution in [3.05, 3.63) is 89.3 Å². The average molecular weight is 641 g/mol. The van der Waals surface area contributed by atoms with E-state index in [4.69, 9.17) is 9.47 Å². The van der Waals surface area contributed by atoms with Crippen LogP contribution in [0.5, 0.6) is 5.75 Å². The number of amides is 2. The summed E-state index contributed by atoms with van der Waals surface area (Å²) < 4.78 is 13.1. The van der Waals surface area contributed by atoms with Crippen molar-refractivity contribution in [2.24, 2.45) is 0 Å². The Morgan fingerprint density at radius 3 is 2.54 bits per heavy atom. The molecule has 1 aromatic heterocycles. The van der Waals surface area contributed by atoms with Gasteiger partial charge < -0.3 is 19.3 Å². The normalized spacial score (nSPS) is 16.4. The molecule has 6 rings (SSSR count). The van der Waals surface area contributed by atoms with Crippen LogP contribution in [-0.4, -0.2) is 74.9 Å².